The molecule has 0 aliphatic carbocycles. The number of hydrogen-bond acceptors (Lipinski definition) is 4. The number of ether oxygens (including phenoxy) is 1. The van der Waals surface area contributed by atoms with E-state index in [9.17, 15) is 17.6 Å². The molecule has 0 saturated carbocycles. The second-order valence-corrected chi connectivity index (χ2v) is 8.93. The number of carbonyl (C=O) groups excluding carboxylic acids is 1. The molecular formula is C16H23FN2O4S. The maximum Gasteiger partial charge on any atom is 0.410 e. The molecule has 2 atom stereocenters. The van der Waals surface area contributed by atoms with Crippen LogP contribution in [0.4, 0.5) is 9.18 Å². The van der Waals surface area contributed by atoms with Crippen molar-refractivity contribution in [3.8, 4) is 0 Å². The lowest BCUT2D eigenvalue weighted by Gasteiger charge is -2.37. The first-order chi connectivity index (χ1) is 11.0. The van der Waals surface area contributed by atoms with Gasteiger partial charge < -0.3 is 9.64 Å². The second-order valence-electron chi connectivity index (χ2n) is 7.08. The van der Waals surface area contributed by atoms with Crippen molar-refractivity contribution in [3.05, 3.63) is 35.6 Å². The fourth-order valence-electron chi connectivity index (χ4n) is 2.74. The van der Waals surface area contributed by atoms with Crippen LogP contribution in [0.15, 0.2) is 24.3 Å². The summed E-state index contributed by atoms with van der Waals surface area (Å²) in [5.74, 6) is -0.628. The molecule has 1 aromatic carbocycles. The predicted octanol–water partition coefficient (Wildman–Crippen LogP) is 2.21. The maximum atomic E-state index is 13.1. The Morgan fingerprint density at radius 1 is 1.25 bits per heavy atom. The summed E-state index contributed by atoms with van der Waals surface area (Å²) >= 11 is 0. The van der Waals surface area contributed by atoms with Gasteiger partial charge in [-0.05, 0) is 44.9 Å². The SMILES string of the molecule is CC(C)(C)OC(=O)N1C[C@@H](c2ccc(F)cc2)C[C@H](S(N)(=O)=O)C1. The van der Waals surface area contributed by atoms with Gasteiger partial charge in [0.1, 0.15) is 11.4 Å². The van der Waals surface area contributed by atoms with Crippen LogP contribution in [-0.2, 0) is 14.8 Å². The normalized spacial score (nSPS) is 22.3. The summed E-state index contributed by atoms with van der Waals surface area (Å²) in [5, 5.41) is 4.42. The van der Waals surface area contributed by atoms with Crippen molar-refractivity contribution in [1.29, 1.82) is 0 Å². The van der Waals surface area contributed by atoms with Crippen molar-refractivity contribution < 1.29 is 22.3 Å². The number of sulfonamides is 1. The highest BCUT2D eigenvalue weighted by molar-refractivity contribution is 7.89. The molecule has 2 rings (SSSR count). The Hall–Kier alpha value is -1.67. The maximum absolute atomic E-state index is 13.1. The monoisotopic (exact) mass is 358 g/mol. The molecule has 1 fully saturated rings. The van der Waals surface area contributed by atoms with Gasteiger partial charge in [0.25, 0.3) is 0 Å². The van der Waals surface area contributed by atoms with Crippen LogP contribution in [0, 0.1) is 5.82 Å². The first-order valence-electron chi connectivity index (χ1n) is 7.71. The van der Waals surface area contributed by atoms with E-state index in [-0.39, 0.29) is 24.7 Å². The number of benzene rings is 1. The Labute approximate surface area is 141 Å². The predicted molar refractivity (Wildman–Crippen MR) is 88.5 cm³/mol. The van der Waals surface area contributed by atoms with E-state index >= 15 is 0 Å². The number of primary sulfonamides is 1. The molecule has 8 heteroatoms. The minimum Gasteiger partial charge on any atom is -0.444 e. The Bertz CT molecular complexity index is 698. The highest BCUT2D eigenvalue weighted by atomic mass is 32.2. The summed E-state index contributed by atoms with van der Waals surface area (Å²) in [6.07, 6.45) is -0.299. The van der Waals surface area contributed by atoms with Crippen molar-refractivity contribution in [2.24, 2.45) is 5.14 Å². The minimum absolute atomic E-state index is 0.00849. The van der Waals surface area contributed by atoms with Gasteiger partial charge in [0.05, 0.1) is 5.25 Å². The van der Waals surface area contributed by atoms with E-state index in [1.807, 2.05) is 0 Å². The van der Waals surface area contributed by atoms with E-state index in [1.165, 1.54) is 17.0 Å². The number of carbonyl (C=O) groups is 1. The minimum atomic E-state index is -3.81. The van der Waals surface area contributed by atoms with Gasteiger partial charge in [-0.1, -0.05) is 12.1 Å². The summed E-state index contributed by atoms with van der Waals surface area (Å²) in [5.41, 5.74) is 0.0788. The van der Waals surface area contributed by atoms with Crippen molar-refractivity contribution in [3.63, 3.8) is 0 Å². The van der Waals surface area contributed by atoms with Gasteiger partial charge >= 0.3 is 6.09 Å². The number of nitrogens with two attached hydrogens (primary N) is 1. The molecule has 1 amide bonds. The van der Waals surface area contributed by atoms with E-state index in [1.54, 1.807) is 32.9 Å². The zero-order valence-corrected chi connectivity index (χ0v) is 14.8. The molecule has 0 bridgehead atoms. The standard InChI is InChI=1S/C16H23FN2O4S/c1-16(2,3)23-15(20)19-9-12(8-14(10-19)24(18,21)22)11-4-6-13(17)7-5-11/h4-7,12,14H,8-10H2,1-3H3,(H2,18,21,22)/t12-,14-/m0/s1. The zero-order chi connectivity index (χ0) is 18.1. The molecule has 1 aromatic rings. The Balaban J connectivity index is 2.26. The van der Waals surface area contributed by atoms with Gasteiger partial charge in [-0.15, -0.1) is 0 Å². The average molecular weight is 358 g/mol. The first kappa shape index (κ1) is 18.7. The van der Waals surface area contributed by atoms with Gasteiger partial charge in [-0.3, -0.25) is 0 Å². The molecule has 0 aromatic heterocycles. The van der Waals surface area contributed by atoms with E-state index in [4.69, 9.17) is 9.88 Å². The third-order valence-electron chi connectivity index (χ3n) is 3.87. The summed E-state index contributed by atoms with van der Waals surface area (Å²) in [7, 11) is -3.81. The molecule has 0 radical (unpaired) electrons. The topological polar surface area (TPSA) is 89.7 Å². The van der Waals surface area contributed by atoms with Crippen LogP contribution in [-0.4, -0.2) is 43.4 Å². The third-order valence-corrected chi connectivity index (χ3v) is 5.14. The summed E-state index contributed by atoms with van der Waals surface area (Å²) < 4.78 is 42.1. The van der Waals surface area contributed by atoms with Crippen molar-refractivity contribution >= 4 is 16.1 Å². The Morgan fingerprint density at radius 3 is 2.33 bits per heavy atom. The molecule has 0 unspecified atom stereocenters. The molecule has 1 heterocycles. The van der Waals surface area contributed by atoms with Crippen LogP contribution in [0.25, 0.3) is 0 Å². The fourth-order valence-corrected chi connectivity index (χ4v) is 3.63. The molecule has 6 nitrogen and oxygen atoms in total. The number of hydrogen-bond donors (Lipinski definition) is 1. The molecule has 1 aliphatic rings. The number of amides is 1. The van der Waals surface area contributed by atoms with Gasteiger partial charge in [0.2, 0.25) is 10.0 Å². The van der Waals surface area contributed by atoms with Crippen molar-refractivity contribution in [2.45, 2.75) is 44.0 Å². The third kappa shape index (κ3) is 4.91. The molecule has 2 N–H and O–H groups in total. The van der Waals surface area contributed by atoms with Gasteiger partial charge in [-0.2, -0.15) is 0 Å². The lowest BCUT2D eigenvalue weighted by atomic mass is 9.90. The highest BCUT2D eigenvalue weighted by Gasteiger charge is 2.37. The smallest absolute Gasteiger partial charge is 0.410 e. The van der Waals surface area contributed by atoms with Crippen LogP contribution < -0.4 is 5.14 Å². The van der Waals surface area contributed by atoms with Crippen LogP contribution in [0.2, 0.25) is 0 Å². The number of likely N-dealkylation sites (tertiary alicyclic amines) is 1. The Morgan fingerprint density at radius 2 is 1.83 bits per heavy atom. The van der Waals surface area contributed by atoms with Crippen LogP contribution in [0.5, 0.6) is 0 Å². The van der Waals surface area contributed by atoms with Crippen LogP contribution in [0.1, 0.15) is 38.7 Å². The number of piperidine rings is 1. The van der Waals surface area contributed by atoms with E-state index < -0.39 is 27.0 Å². The van der Waals surface area contributed by atoms with Gasteiger partial charge in [0.15, 0.2) is 0 Å². The van der Waals surface area contributed by atoms with Crippen LogP contribution >= 0.6 is 0 Å². The van der Waals surface area contributed by atoms with E-state index in [2.05, 4.69) is 0 Å². The molecular weight excluding hydrogens is 335 g/mol. The van der Waals surface area contributed by atoms with Crippen molar-refractivity contribution in [2.75, 3.05) is 13.1 Å². The quantitative estimate of drug-likeness (QED) is 0.878. The molecule has 24 heavy (non-hydrogen) atoms. The molecule has 1 saturated heterocycles. The zero-order valence-electron chi connectivity index (χ0n) is 14.0. The van der Waals surface area contributed by atoms with Gasteiger partial charge in [0, 0.05) is 19.0 Å². The summed E-state index contributed by atoms with van der Waals surface area (Å²) in [6, 6.07) is 5.82. The lowest BCUT2D eigenvalue weighted by molar-refractivity contribution is 0.0201. The van der Waals surface area contributed by atoms with Crippen molar-refractivity contribution in [1.82, 2.24) is 4.90 Å². The lowest BCUT2D eigenvalue weighted by Crippen LogP contribution is -2.50. The Kier molecular flexibility index (Phi) is 5.19. The molecule has 134 valence electrons. The fraction of sp³-hybridized carbons (Fsp3) is 0.562. The largest absolute Gasteiger partial charge is 0.444 e. The number of halogens is 1. The van der Waals surface area contributed by atoms with E-state index in [0.29, 0.717) is 6.54 Å². The van der Waals surface area contributed by atoms with Crippen LogP contribution in [0.3, 0.4) is 0 Å². The number of nitrogens with zero attached hydrogens (tertiary/aromatic N) is 1. The average Bonchev–Trinajstić information content (AvgIpc) is 2.45. The highest BCUT2D eigenvalue weighted by Crippen LogP contribution is 2.30. The molecule has 0 spiro atoms. The molecule has 1 aliphatic heterocycles. The van der Waals surface area contributed by atoms with E-state index in [0.717, 1.165) is 5.56 Å². The summed E-state index contributed by atoms with van der Waals surface area (Å²) in [4.78, 5) is 13.7. The summed E-state index contributed by atoms with van der Waals surface area (Å²) in [6.45, 7) is 5.51. The second kappa shape index (κ2) is 6.68. The van der Waals surface area contributed by atoms with Gasteiger partial charge in [-0.25, -0.2) is 22.7 Å². The first-order valence-corrected chi connectivity index (χ1v) is 9.31. The number of rotatable bonds is 2.